The van der Waals surface area contributed by atoms with Crippen LogP contribution >= 0.6 is 0 Å². The molecule has 1 atom stereocenters. The molecular formula is C22H26N6O4S. The number of hydrogen-bond acceptors (Lipinski definition) is 6. The number of pyridine rings is 1. The first kappa shape index (κ1) is 19.9. The molecule has 0 radical (unpaired) electrons. The molecule has 7 rings (SSSR count). The number of urea groups is 1. The molecule has 1 saturated heterocycles. The van der Waals surface area contributed by atoms with Crippen molar-refractivity contribution in [3.05, 3.63) is 28.7 Å². The predicted molar refractivity (Wildman–Crippen MR) is 119 cm³/mol. The fourth-order valence-corrected chi connectivity index (χ4v) is 6.85. The standard InChI is InChI=1S/C22H26N6O4S/c23-33(30,16-8-24-28-9-21(10-31-11-21)12-32-19(16)28)27-20(29)26-17-13-2-1-3-15(13)25-18-14(17)4-5-22(18)6-7-22/h8H,1-7,9-12H2,(H3,23,25,26,27,29,30). The van der Waals surface area contributed by atoms with Gasteiger partial charge in [0.15, 0.2) is 9.92 Å². The van der Waals surface area contributed by atoms with E-state index in [1.165, 1.54) is 19.0 Å². The molecule has 174 valence electrons. The molecule has 3 N–H and O–H groups in total. The van der Waals surface area contributed by atoms with Gasteiger partial charge in [0.1, 0.15) is 11.5 Å². The molecule has 0 aromatic carbocycles. The Hall–Kier alpha value is -2.50. The number of carbonyl (C=O) groups is 1. The van der Waals surface area contributed by atoms with Crippen LogP contribution in [0.4, 0.5) is 10.5 Å². The molecule has 1 unspecified atom stereocenters. The zero-order chi connectivity index (χ0) is 22.4. The van der Waals surface area contributed by atoms with Gasteiger partial charge in [-0.25, -0.2) is 18.8 Å². The number of nitrogens with one attached hydrogen (secondary N) is 1. The van der Waals surface area contributed by atoms with Gasteiger partial charge < -0.3 is 14.8 Å². The molecule has 2 fully saturated rings. The van der Waals surface area contributed by atoms with E-state index < -0.39 is 15.9 Å². The average molecular weight is 471 g/mol. The highest BCUT2D eigenvalue weighted by Gasteiger charge is 2.51. The Bertz CT molecular complexity index is 1330. The minimum Gasteiger partial charge on any atom is -0.476 e. The quantitative estimate of drug-likeness (QED) is 0.690. The summed E-state index contributed by atoms with van der Waals surface area (Å²) in [5.41, 5.74) is 5.39. The molecule has 10 nitrogen and oxygen atoms in total. The van der Waals surface area contributed by atoms with E-state index in [2.05, 4.69) is 14.8 Å². The van der Waals surface area contributed by atoms with Gasteiger partial charge in [-0.2, -0.15) is 5.10 Å². The molecule has 2 aromatic heterocycles. The van der Waals surface area contributed by atoms with Crippen molar-refractivity contribution >= 4 is 21.6 Å². The third-order valence-corrected chi connectivity index (χ3v) is 9.22. The van der Waals surface area contributed by atoms with Crippen LogP contribution in [0.2, 0.25) is 0 Å². The maximum atomic E-state index is 13.3. The molecular weight excluding hydrogens is 444 g/mol. The fourth-order valence-electron chi connectivity index (χ4n) is 5.84. The molecule has 3 aliphatic carbocycles. The van der Waals surface area contributed by atoms with E-state index in [0.717, 1.165) is 60.3 Å². The van der Waals surface area contributed by atoms with Crippen LogP contribution in [-0.2, 0) is 45.9 Å². The molecule has 2 aliphatic heterocycles. The lowest BCUT2D eigenvalue weighted by molar-refractivity contribution is -0.154. The summed E-state index contributed by atoms with van der Waals surface area (Å²) in [6.07, 6.45) is 8.55. The number of hydrogen-bond donors (Lipinski definition) is 2. The number of fused-ring (bicyclic) bond motifs is 4. The topological polar surface area (TPSA) is 134 Å². The Balaban J connectivity index is 1.21. The second-order valence-corrected chi connectivity index (χ2v) is 12.0. The van der Waals surface area contributed by atoms with Crippen LogP contribution in [0.15, 0.2) is 15.5 Å². The first-order valence-corrected chi connectivity index (χ1v) is 13.1. The smallest absolute Gasteiger partial charge is 0.354 e. The van der Waals surface area contributed by atoms with Gasteiger partial charge >= 0.3 is 6.03 Å². The van der Waals surface area contributed by atoms with Gasteiger partial charge in [-0.3, -0.25) is 4.98 Å². The van der Waals surface area contributed by atoms with E-state index in [9.17, 15) is 9.00 Å². The van der Waals surface area contributed by atoms with Crippen LogP contribution in [0.25, 0.3) is 0 Å². The first-order chi connectivity index (χ1) is 15.9. The molecule has 11 heteroatoms. The number of carbonyl (C=O) groups excluding carboxylic acids is 1. The predicted octanol–water partition coefficient (Wildman–Crippen LogP) is 2.09. The number of nitrogens with zero attached hydrogens (tertiary/aromatic N) is 4. The normalized spacial score (nSPS) is 24.3. The van der Waals surface area contributed by atoms with Crippen LogP contribution < -0.4 is 15.2 Å². The number of amides is 2. The van der Waals surface area contributed by atoms with Gasteiger partial charge in [-0.1, -0.05) is 0 Å². The summed E-state index contributed by atoms with van der Waals surface area (Å²) in [6, 6.07) is -0.707. The summed E-state index contributed by atoms with van der Waals surface area (Å²) in [4.78, 5) is 18.1. The van der Waals surface area contributed by atoms with Gasteiger partial charge in [0.2, 0.25) is 5.88 Å². The van der Waals surface area contributed by atoms with Crippen molar-refractivity contribution in [2.45, 2.75) is 61.8 Å². The number of aryl methyl sites for hydroxylation is 1. The van der Waals surface area contributed by atoms with Gasteiger partial charge in [0.05, 0.1) is 42.8 Å². The Morgan fingerprint density at radius 2 is 2.03 bits per heavy atom. The van der Waals surface area contributed by atoms with Crippen LogP contribution in [0.3, 0.4) is 0 Å². The summed E-state index contributed by atoms with van der Waals surface area (Å²) in [6.45, 7) is 2.24. The third-order valence-electron chi connectivity index (χ3n) is 7.88. The molecule has 33 heavy (non-hydrogen) atoms. The lowest BCUT2D eigenvalue weighted by Gasteiger charge is -2.43. The second kappa shape index (κ2) is 6.55. The number of aromatic nitrogens is 3. The summed E-state index contributed by atoms with van der Waals surface area (Å²) in [7, 11) is -3.53. The van der Waals surface area contributed by atoms with Crippen molar-refractivity contribution in [2.24, 2.45) is 14.9 Å². The van der Waals surface area contributed by atoms with E-state index in [0.29, 0.717) is 32.2 Å². The zero-order valence-corrected chi connectivity index (χ0v) is 19.1. The van der Waals surface area contributed by atoms with Crippen molar-refractivity contribution in [3.63, 3.8) is 0 Å². The molecule has 5 aliphatic rings. The molecule has 0 bridgehead atoms. The lowest BCUT2D eigenvalue weighted by Crippen LogP contribution is -2.52. The van der Waals surface area contributed by atoms with Crippen LogP contribution in [0, 0.1) is 5.41 Å². The minimum absolute atomic E-state index is 0.0959. The Kier molecular flexibility index (Phi) is 3.95. The van der Waals surface area contributed by atoms with Gasteiger partial charge in [-0.15, -0.1) is 4.36 Å². The van der Waals surface area contributed by atoms with Crippen molar-refractivity contribution in [1.29, 1.82) is 0 Å². The van der Waals surface area contributed by atoms with Crippen molar-refractivity contribution in [3.8, 4) is 5.88 Å². The largest absolute Gasteiger partial charge is 0.476 e. The molecule has 2 aromatic rings. The number of ether oxygens (including phenoxy) is 2. The van der Waals surface area contributed by atoms with Crippen molar-refractivity contribution < 1.29 is 18.5 Å². The number of rotatable bonds is 2. The van der Waals surface area contributed by atoms with E-state index in [1.54, 1.807) is 4.68 Å². The monoisotopic (exact) mass is 470 g/mol. The number of anilines is 1. The highest BCUT2D eigenvalue weighted by atomic mass is 32.2. The Labute approximate surface area is 191 Å². The summed E-state index contributed by atoms with van der Waals surface area (Å²) < 4.78 is 30.0. The minimum atomic E-state index is -3.53. The first-order valence-electron chi connectivity index (χ1n) is 11.6. The van der Waals surface area contributed by atoms with Gasteiger partial charge in [0, 0.05) is 11.1 Å². The highest BCUT2D eigenvalue weighted by molar-refractivity contribution is 7.91. The van der Waals surface area contributed by atoms with Gasteiger partial charge in [0.25, 0.3) is 0 Å². The third kappa shape index (κ3) is 2.91. The van der Waals surface area contributed by atoms with E-state index in [-0.39, 0.29) is 15.7 Å². The van der Waals surface area contributed by atoms with Crippen LogP contribution in [0.5, 0.6) is 5.88 Å². The zero-order valence-electron chi connectivity index (χ0n) is 18.3. The maximum absolute atomic E-state index is 13.3. The second-order valence-electron chi connectivity index (χ2n) is 10.2. The van der Waals surface area contributed by atoms with E-state index in [4.69, 9.17) is 19.6 Å². The molecule has 2 spiro atoms. The maximum Gasteiger partial charge on any atom is 0.354 e. The van der Waals surface area contributed by atoms with Crippen LogP contribution in [0.1, 0.15) is 48.2 Å². The van der Waals surface area contributed by atoms with Crippen molar-refractivity contribution in [1.82, 2.24) is 14.8 Å². The molecule has 2 amide bonds. The summed E-state index contributed by atoms with van der Waals surface area (Å²) in [5, 5.41) is 13.3. The highest BCUT2D eigenvalue weighted by Crippen LogP contribution is 2.58. The summed E-state index contributed by atoms with van der Waals surface area (Å²) in [5.74, 6) is 0.318. The van der Waals surface area contributed by atoms with Crippen LogP contribution in [-0.4, -0.2) is 44.8 Å². The molecule has 4 heterocycles. The summed E-state index contributed by atoms with van der Waals surface area (Å²) >= 11 is 0. The Morgan fingerprint density at radius 3 is 2.79 bits per heavy atom. The number of nitrogens with two attached hydrogens (primary N) is 1. The van der Waals surface area contributed by atoms with Crippen molar-refractivity contribution in [2.75, 3.05) is 25.1 Å². The van der Waals surface area contributed by atoms with Gasteiger partial charge in [-0.05, 0) is 56.1 Å². The fraction of sp³-hybridized carbons (Fsp3) is 0.591. The average Bonchev–Trinajstić information content (AvgIpc) is 3.10. The lowest BCUT2D eigenvalue weighted by atomic mass is 9.86. The van der Waals surface area contributed by atoms with E-state index in [1.807, 2.05) is 0 Å². The SMILES string of the molecule is NS(=O)(=NC(=O)Nc1c2c(nc3c1CCC31CC1)CCC2)c1cnn2c1OCC1(COC1)C2. The van der Waals surface area contributed by atoms with E-state index >= 15 is 0 Å². The Morgan fingerprint density at radius 1 is 1.18 bits per heavy atom. The molecule has 1 saturated carbocycles.